The van der Waals surface area contributed by atoms with E-state index in [4.69, 9.17) is 5.41 Å². The quantitative estimate of drug-likeness (QED) is 0.746. The second kappa shape index (κ2) is 5.48. The summed E-state index contributed by atoms with van der Waals surface area (Å²) in [5.74, 6) is 1.08. The van der Waals surface area contributed by atoms with Gasteiger partial charge in [0.1, 0.15) is 17.4 Å². The standard InChI is InChI=1S/C20H20N4O/c1-12-8-13(2)10-14(9-12)24-11-17(25)18(19(24)21)20-22-15-6-4-5-7-16(15)23(20)3/h4-10,21,25H,11H2,1-3H3. The lowest BCUT2D eigenvalue weighted by molar-refractivity contribution is 0.411. The number of hydrogen-bond acceptors (Lipinski definition) is 3. The number of anilines is 1. The van der Waals surface area contributed by atoms with Gasteiger partial charge in [0.05, 0.1) is 23.2 Å². The lowest BCUT2D eigenvalue weighted by Gasteiger charge is -2.20. The van der Waals surface area contributed by atoms with E-state index in [0.29, 0.717) is 17.9 Å². The maximum Gasteiger partial charge on any atom is 0.148 e. The molecule has 0 spiro atoms. The first-order valence-corrected chi connectivity index (χ1v) is 8.24. The Morgan fingerprint density at radius 2 is 1.76 bits per heavy atom. The van der Waals surface area contributed by atoms with Crippen LogP contribution in [0.2, 0.25) is 0 Å². The van der Waals surface area contributed by atoms with E-state index in [1.807, 2.05) is 66.8 Å². The Bertz CT molecular complexity index is 1020. The predicted octanol–water partition coefficient (Wildman–Crippen LogP) is 3.96. The van der Waals surface area contributed by atoms with Crippen molar-refractivity contribution < 1.29 is 5.11 Å². The van der Waals surface area contributed by atoms with Gasteiger partial charge in [0.25, 0.3) is 0 Å². The van der Waals surface area contributed by atoms with Gasteiger partial charge in [0.2, 0.25) is 0 Å². The highest BCUT2D eigenvalue weighted by Crippen LogP contribution is 2.32. The fraction of sp³-hybridized carbons (Fsp3) is 0.200. The molecule has 0 fully saturated rings. The Morgan fingerprint density at radius 3 is 2.44 bits per heavy atom. The van der Waals surface area contributed by atoms with Gasteiger partial charge in [-0.05, 0) is 49.2 Å². The third-order valence-electron chi connectivity index (χ3n) is 4.63. The molecule has 5 nitrogen and oxygen atoms in total. The van der Waals surface area contributed by atoms with Gasteiger partial charge in [-0.2, -0.15) is 0 Å². The van der Waals surface area contributed by atoms with Gasteiger partial charge >= 0.3 is 0 Å². The summed E-state index contributed by atoms with van der Waals surface area (Å²) in [6, 6.07) is 14.0. The molecular weight excluding hydrogens is 312 g/mol. The molecule has 3 aromatic rings. The van der Waals surface area contributed by atoms with Crippen molar-refractivity contribution in [2.45, 2.75) is 13.8 Å². The second-order valence-electron chi connectivity index (χ2n) is 6.59. The van der Waals surface area contributed by atoms with Crippen molar-refractivity contribution >= 4 is 28.1 Å². The molecule has 0 radical (unpaired) electrons. The Labute approximate surface area is 146 Å². The number of amidine groups is 1. The molecule has 0 bridgehead atoms. The number of hydrogen-bond donors (Lipinski definition) is 2. The number of para-hydroxylation sites is 2. The minimum absolute atomic E-state index is 0.183. The normalized spacial score (nSPS) is 14.8. The second-order valence-corrected chi connectivity index (χ2v) is 6.59. The molecular formula is C20H20N4O. The van der Waals surface area contributed by atoms with Gasteiger partial charge in [0, 0.05) is 12.7 Å². The van der Waals surface area contributed by atoms with E-state index in [2.05, 4.69) is 11.1 Å². The number of benzene rings is 2. The van der Waals surface area contributed by atoms with Gasteiger partial charge in [-0.15, -0.1) is 0 Å². The van der Waals surface area contributed by atoms with Crippen LogP contribution in [0.4, 0.5) is 5.69 Å². The zero-order valence-electron chi connectivity index (χ0n) is 14.5. The minimum Gasteiger partial charge on any atom is -0.509 e. The Hall–Kier alpha value is -3.08. The molecule has 0 amide bonds. The van der Waals surface area contributed by atoms with E-state index in [-0.39, 0.29) is 11.6 Å². The third kappa shape index (κ3) is 2.39. The first-order valence-electron chi connectivity index (χ1n) is 8.24. The smallest absolute Gasteiger partial charge is 0.148 e. The van der Waals surface area contributed by atoms with Crippen LogP contribution in [0.3, 0.4) is 0 Å². The summed E-state index contributed by atoms with van der Waals surface area (Å²) in [6.07, 6.45) is 0. The van der Waals surface area contributed by atoms with Crippen LogP contribution in [0.1, 0.15) is 17.0 Å². The van der Waals surface area contributed by atoms with Crippen LogP contribution in [0.25, 0.3) is 16.6 Å². The van der Waals surface area contributed by atoms with Crippen LogP contribution in [0.5, 0.6) is 0 Å². The molecule has 1 aliphatic heterocycles. The Kier molecular flexibility index (Phi) is 3.39. The van der Waals surface area contributed by atoms with E-state index < -0.39 is 0 Å². The number of aromatic nitrogens is 2. The van der Waals surface area contributed by atoms with E-state index >= 15 is 0 Å². The molecule has 25 heavy (non-hydrogen) atoms. The molecule has 0 saturated heterocycles. The number of rotatable bonds is 2. The summed E-state index contributed by atoms with van der Waals surface area (Å²) in [5, 5.41) is 19.2. The topological polar surface area (TPSA) is 65.1 Å². The number of nitrogens with zero attached hydrogens (tertiary/aromatic N) is 3. The van der Waals surface area contributed by atoms with Crippen molar-refractivity contribution in [3.8, 4) is 0 Å². The maximum atomic E-state index is 10.6. The highest BCUT2D eigenvalue weighted by atomic mass is 16.3. The monoisotopic (exact) mass is 332 g/mol. The number of imidazole rings is 1. The molecule has 0 unspecified atom stereocenters. The molecule has 2 heterocycles. The van der Waals surface area contributed by atoms with Crippen molar-refractivity contribution in [3.05, 3.63) is 65.2 Å². The predicted molar refractivity (Wildman–Crippen MR) is 101 cm³/mol. The van der Waals surface area contributed by atoms with Crippen molar-refractivity contribution in [3.63, 3.8) is 0 Å². The van der Waals surface area contributed by atoms with Crippen LogP contribution >= 0.6 is 0 Å². The number of fused-ring (bicyclic) bond motifs is 1. The Morgan fingerprint density at radius 1 is 1.08 bits per heavy atom. The minimum atomic E-state index is 0.183. The highest BCUT2D eigenvalue weighted by molar-refractivity contribution is 6.30. The van der Waals surface area contributed by atoms with Gasteiger partial charge in [-0.3, -0.25) is 5.41 Å². The zero-order chi connectivity index (χ0) is 17.7. The van der Waals surface area contributed by atoms with Gasteiger partial charge < -0.3 is 14.6 Å². The average Bonchev–Trinajstić information content (AvgIpc) is 3.04. The fourth-order valence-electron chi connectivity index (χ4n) is 3.51. The van der Waals surface area contributed by atoms with Crippen molar-refractivity contribution in [1.29, 1.82) is 5.41 Å². The molecule has 4 rings (SSSR count). The van der Waals surface area contributed by atoms with Crippen LogP contribution in [-0.2, 0) is 7.05 Å². The van der Waals surface area contributed by atoms with Crippen LogP contribution < -0.4 is 4.90 Å². The largest absolute Gasteiger partial charge is 0.509 e. The maximum absolute atomic E-state index is 10.6. The summed E-state index contributed by atoms with van der Waals surface area (Å²) in [6.45, 7) is 4.37. The molecule has 1 aliphatic rings. The highest BCUT2D eigenvalue weighted by Gasteiger charge is 2.32. The van der Waals surface area contributed by atoms with Crippen molar-refractivity contribution in [2.24, 2.45) is 7.05 Å². The molecule has 2 N–H and O–H groups in total. The first-order chi connectivity index (χ1) is 12.0. The van der Waals surface area contributed by atoms with E-state index in [1.165, 1.54) is 0 Å². The molecule has 1 aromatic heterocycles. The van der Waals surface area contributed by atoms with Crippen molar-refractivity contribution in [1.82, 2.24) is 9.55 Å². The zero-order valence-corrected chi connectivity index (χ0v) is 14.5. The summed E-state index contributed by atoms with van der Waals surface area (Å²) in [4.78, 5) is 6.46. The van der Waals surface area contributed by atoms with E-state index in [0.717, 1.165) is 27.8 Å². The first kappa shape index (κ1) is 15.4. The molecule has 0 saturated carbocycles. The van der Waals surface area contributed by atoms with Crippen LogP contribution in [0, 0.1) is 19.3 Å². The number of nitrogens with one attached hydrogen (secondary N) is 1. The van der Waals surface area contributed by atoms with Crippen molar-refractivity contribution in [2.75, 3.05) is 11.4 Å². The summed E-state index contributed by atoms with van der Waals surface area (Å²) in [5.41, 5.74) is 5.53. The lowest BCUT2D eigenvalue weighted by Crippen LogP contribution is -2.26. The van der Waals surface area contributed by atoms with Gasteiger partial charge in [0.15, 0.2) is 0 Å². The Balaban J connectivity index is 1.79. The summed E-state index contributed by atoms with van der Waals surface area (Å²) < 4.78 is 1.93. The summed E-state index contributed by atoms with van der Waals surface area (Å²) >= 11 is 0. The van der Waals surface area contributed by atoms with E-state index in [1.54, 1.807) is 0 Å². The molecule has 0 atom stereocenters. The number of aryl methyl sites for hydroxylation is 3. The molecule has 2 aromatic carbocycles. The third-order valence-corrected chi connectivity index (χ3v) is 4.63. The molecule has 5 heteroatoms. The van der Waals surface area contributed by atoms with Crippen LogP contribution in [-0.4, -0.2) is 27.0 Å². The SMILES string of the molecule is Cc1cc(C)cc(N2CC(O)=C(c3nc4ccccc4n3C)C2=N)c1. The molecule has 0 aliphatic carbocycles. The van der Waals surface area contributed by atoms with Gasteiger partial charge in [-0.25, -0.2) is 4.98 Å². The summed E-state index contributed by atoms with van der Waals surface area (Å²) in [7, 11) is 1.91. The molecule has 126 valence electrons. The number of aliphatic hydroxyl groups excluding tert-OH is 1. The lowest BCUT2D eigenvalue weighted by atomic mass is 10.1. The average molecular weight is 332 g/mol. The fourth-order valence-corrected chi connectivity index (χ4v) is 3.51. The van der Waals surface area contributed by atoms with E-state index in [9.17, 15) is 5.11 Å². The van der Waals surface area contributed by atoms with Crippen LogP contribution in [0.15, 0.2) is 48.2 Å². The number of aliphatic hydroxyl groups is 1. The van der Waals surface area contributed by atoms with Gasteiger partial charge in [-0.1, -0.05) is 18.2 Å².